The van der Waals surface area contributed by atoms with Crippen LogP contribution in [0.25, 0.3) is 0 Å². The highest BCUT2D eigenvalue weighted by Gasteiger charge is 2.25. The minimum atomic E-state index is -0.514. The lowest BCUT2D eigenvalue weighted by molar-refractivity contribution is 0.0600. The summed E-state index contributed by atoms with van der Waals surface area (Å²) in [5.74, 6) is -0.927. The molecule has 1 N–H and O–H groups in total. The van der Waals surface area contributed by atoms with E-state index in [2.05, 4.69) is 10.2 Å². The zero-order chi connectivity index (χ0) is 24.9. The summed E-state index contributed by atoms with van der Waals surface area (Å²) in [4.78, 5) is 41.8. The van der Waals surface area contributed by atoms with Gasteiger partial charge in [-0.25, -0.2) is 4.79 Å². The predicted molar refractivity (Wildman–Crippen MR) is 137 cm³/mol. The maximum Gasteiger partial charge on any atom is 0.337 e. The highest BCUT2D eigenvalue weighted by atomic mass is 35.5. The van der Waals surface area contributed by atoms with Gasteiger partial charge in [0, 0.05) is 37.3 Å². The minimum Gasteiger partial charge on any atom is -0.465 e. The molecule has 3 aromatic rings. The van der Waals surface area contributed by atoms with Gasteiger partial charge in [0.2, 0.25) is 0 Å². The Morgan fingerprint density at radius 2 is 1.49 bits per heavy atom. The van der Waals surface area contributed by atoms with E-state index in [1.54, 1.807) is 42.5 Å². The number of ether oxygens (including phenoxy) is 1. The normalized spacial score (nSPS) is 13.3. The van der Waals surface area contributed by atoms with Gasteiger partial charge in [0.25, 0.3) is 11.8 Å². The SMILES string of the molecule is COC(=O)c1ccc(N2CCN(C(=O)c3ccccc3)CC2)c(NC(=O)c2ccc(Cl)c(Cl)c2)c1. The highest BCUT2D eigenvalue weighted by Crippen LogP contribution is 2.30. The molecule has 0 bridgehead atoms. The zero-order valence-electron chi connectivity index (χ0n) is 19.0. The molecule has 0 saturated carbocycles. The van der Waals surface area contributed by atoms with Gasteiger partial charge in [0.1, 0.15) is 0 Å². The molecule has 3 aromatic carbocycles. The van der Waals surface area contributed by atoms with Gasteiger partial charge in [-0.15, -0.1) is 0 Å². The van der Waals surface area contributed by atoms with E-state index in [4.69, 9.17) is 27.9 Å². The zero-order valence-corrected chi connectivity index (χ0v) is 20.5. The number of hydrogen-bond donors (Lipinski definition) is 1. The lowest BCUT2D eigenvalue weighted by atomic mass is 10.1. The monoisotopic (exact) mass is 511 g/mol. The minimum absolute atomic E-state index is 0.0144. The molecule has 4 rings (SSSR count). The Hall–Kier alpha value is -3.55. The number of rotatable bonds is 5. The molecule has 0 spiro atoms. The molecule has 0 atom stereocenters. The molecule has 9 heteroatoms. The number of esters is 1. The first-order valence-corrected chi connectivity index (χ1v) is 11.7. The van der Waals surface area contributed by atoms with E-state index in [0.717, 1.165) is 5.69 Å². The maximum absolute atomic E-state index is 13.0. The standard InChI is InChI=1S/C26H23Cl2N3O4/c1-35-26(34)19-8-10-23(22(16-19)29-24(32)18-7-9-20(27)21(28)15-18)30-11-13-31(14-12-30)25(33)17-5-3-2-4-6-17/h2-10,15-16H,11-14H2,1H3,(H,29,32). The van der Waals surface area contributed by atoms with E-state index in [1.165, 1.54) is 13.2 Å². The summed E-state index contributed by atoms with van der Waals surface area (Å²) in [6, 6.07) is 18.8. The third-order valence-electron chi connectivity index (χ3n) is 5.78. The fourth-order valence-corrected chi connectivity index (χ4v) is 4.20. The number of amides is 2. The van der Waals surface area contributed by atoms with Crippen molar-refractivity contribution in [3.63, 3.8) is 0 Å². The van der Waals surface area contributed by atoms with Crippen LogP contribution >= 0.6 is 23.2 Å². The molecule has 0 radical (unpaired) electrons. The second-order valence-electron chi connectivity index (χ2n) is 7.95. The van der Waals surface area contributed by atoms with E-state index in [1.807, 2.05) is 23.1 Å². The molecular formula is C26H23Cl2N3O4. The third kappa shape index (κ3) is 5.58. The first-order valence-electron chi connectivity index (χ1n) is 11.0. The number of nitrogens with one attached hydrogen (secondary N) is 1. The van der Waals surface area contributed by atoms with Crippen LogP contribution in [0.4, 0.5) is 11.4 Å². The van der Waals surface area contributed by atoms with Crippen LogP contribution in [0.2, 0.25) is 10.0 Å². The number of carbonyl (C=O) groups is 3. The number of anilines is 2. The van der Waals surface area contributed by atoms with Gasteiger partial charge in [-0.05, 0) is 48.5 Å². The Kier molecular flexibility index (Phi) is 7.58. The van der Waals surface area contributed by atoms with E-state index in [9.17, 15) is 14.4 Å². The molecule has 0 aliphatic carbocycles. The van der Waals surface area contributed by atoms with E-state index < -0.39 is 11.9 Å². The second-order valence-corrected chi connectivity index (χ2v) is 8.77. The average Bonchev–Trinajstić information content (AvgIpc) is 2.90. The maximum atomic E-state index is 13.0. The van der Waals surface area contributed by atoms with Crippen LogP contribution in [0, 0.1) is 0 Å². The first kappa shape index (κ1) is 24.6. The summed E-state index contributed by atoms with van der Waals surface area (Å²) in [6.45, 7) is 2.16. The molecule has 0 unspecified atom stereocenters. The number of hydrogen-bond acceptors (Lipinski definition) is 5. The lowest BCUT2D eigenvalue weighted by Gasteiger charge is -2.37. The van der Waals surface area contributed by atoms with Crippen molar-refractivity contribution < 1.29 is 19.1 Å². The lowest BCUT2D eigenvalue weighted by Crippen LogP contribution is -2.49. The predicted octanol–water partition coefficient (Wildman–Crippen LogP) is 4.99. The molecule has 1 aliphatic heterocycles. The van der Waals surface area contributed by atoms with Crippen molar-refractivity contribution in [3.05, 3.63) is 93.5 Å². The number of nitrogens with zero attached hydrogens (tertiary/aromatic N) is 2. The number of methoxy groups -OCH3 is 1. The summed E-state index contributed by atoms with van der Waals surface area (Å²) in [5, 5.41) is 3.49. The number of halogens is 2. The van der Waals surface area contributed by atoms with Crippen LogP contribution in [0.1, 0.15) is 31.1 Å². The molecule has 1 saturated heterocycles. The van der Waals surface area contributed by atoms with Crippen molar-refractivity contribution in [1.82, 2.24) is 4.90 Å². The summed E-state index contributed by atoms with van der Waals surface area (Å²) >= 11 is 12.0. The van der Waals surface area contributed by atoms with Crippen LogP contribution in [-0.2, 0) is 4.74 Å². The number of carbonyl (C=O) groups excluding carboxylic acids is 3. The highest BCUT2D eigenvalue weighted by molar-refractivity contribution is 6.42. The van der Waals surface area contributed by atoms with Gasteiger partial charge < -0.3 is 19.9 Å². The Morgan fingerprint density at radius 3 is 2.14 bits per heavy atom. The van der Waals surface area contributed by atoms with Crippen molar-refractivity contribution in [2.45, 2.75) is 0 Å². The Balaban J connectivity index is 1.55. The van der Waals surface area contributed by atoms with Crippen LogP contribution < -0.4 is 10.2 Å². The Labute approximate surface area is 213 Å². The Morgan fingerprint density at radius 1 is 0.800 bits per heavy atom. The van der Waals surface area contributed by atoms with Crippen LogP contribution in [0.3, 0.4) is 0 Å². The molecule has 1 heterocycles. The van der Waals surface area contributed by atoms with Gasteiger partial charge in [0.15, 0.2) is 0 Å². The van der Waals surface area contributed by atoms with E-state index >= 15 is 0 Å². The van der Waals surface area contributed by atoms with Crippen molar-refractivity contribution in [3.8, 4) is 0 Å². The van der Waals surface area contributed by atoms with Crippen LogP contribution in [0.15, 0.2) is 66.7 Å². The summed E-state index contributed by atoms with van der Waals surface area (Å²) in [7, 11) is 1.30. The molecule has 1 fully saturated rings. The summed E-state index contributed by atoms with van der Waals surface area (Å²) < 4.78 is 4.84. The molecule has 1 aliphatic rings. The van der Waals surface area contributed by atoms with Gasteiger partial charge in [-0.3, -0.25) is 9.59 Å². The van der Waals surface area contributed by atoms with Crippen LogP contribution in [0.5, 0.6) is 0 Å². The summed E-state index contributed by atoms with van der Waals surface area (Å²) in [6.07, 6.45) is 0. The molecule has 35 heavy (non-hydrogen) atoms. The number of benzene rings is 3. The fourth-order valence-electron chi connectivity index (χ4n) is 3.90. The molecule has 2 amide bonds. The van der Waals surface area contributed by atoms with Gasteiger partial charge >= 0.3 is 5.97 Å². The molecular weight excluding hydrogens is 489 g/mol. The quantitative estimate of drug-likeness (QED) is 0.488. The van der Waals surface area contributed by atoms with Gasteiger partial charge in [0.05, 0.1) is 34.1 Å². The second kappa shape index (κ2) is 10.8. The molecule has 180 valence electrons. The first-order chi connectivity index (χ1) is 16.9. The topological polar surface area (TPSA) is 79.0 Å². The Bertz CT molecular complexity index is 1260. The van der Waals surface area contributed by atoms with Crippen molar-refractivity contribution in [1.29, 1.82) is 0 Å². The average molecular weight is 512 g/mol. The molecule has 0 aromatic heterocycles. The van der Waals surface area contributed by atoms with Gasteiger partial charge in [-0.1, -0.05) is 41.4 Å². The van der Waals surface area contributed by atoms with E-state index in [-0.39, 0.29) is 10.9 Å². The summed E-state index contributed by atoms with van der Waals surface area (Å²) in [5.41, 5.74) is 2.47. The largest absolute Gasteiger partial charge is 0.465 e. The smallest absolute Gasteiger partial charge is 0.337 e. The molecule has 7 nitrogen and oxygen atoms in total. The number of piperazine rings is 1. The van der Waals surface area contributed by atoms with Crippen molar-refractivity contribution >= 4 is 52.4 Å². The van der Waals surface area contributed by atoms with Crippen LogP contribution in [-0.4, -0.2) is 56.0 Å². The van der Waals surface area contributed by atoms with E-state index in [0.29, 0.717) is 53.6 Å². The van der Waals surface area contributed by atoms with Crippen molar-refractivity contribution in [2.24, 2.45) is 0 Å². The van der Waals surface area contributed by atoms with Gasteiger partial charge in [-0.2, -0.15) is 0 Å². The fraction of sp³-hybridized carbons (Fsp3) is 0.192. The van der Waals surface area contributed by atoms with Crippen molar-refractivity contribution in [2.75, 3.05) is 43.5 Å². The third-order valence-corrected chi connectivity index (χ3v) is 6.51.